The lowest BCUT2D eigenvalue weighted by atomic mass is 10.2. The van der Waals surface area contributed by atoms with Crippen molar-refractivity contribution < 1.29 is 16.8 Å². The molecule has 3 aromatic rings. The molecule has 0 radical (unpaired) electrons. The summed E-state index contributed by atoms with van der Waals surface area (Å²) in [4.78, 5) is 0.187. The lowest BCUT2D eigenvalue weighted by molar-refractivity contribution is 0.346. The van der Waals surface area contributed by atoms with Gasteiger partial charge in [0.05, 0.1) is 16.6 Å². The second-order valence-electron chi connectivity index (χ2n) is 6.48. The molecule has 1 aliphatic heterocycles. The van der Waals surface area contributed by atoms with Crippen molar-refractivity contribution >= 4 is 48.5 Å². The van der Waals surface area contributed by atoms with E-state index in [1.165, 1.54) is 34.6 Å². The van der Waals surface area contributed by atoms with Gasteiger partial charge in [0.2, 0.25) is 10.0 Å². The van der Waals surface area contributed by atoms with E-state index in [1.54, 1.807) is 12.1 Å². The molecule has 0 amide bonds. The van der Waals surface area contributed by atoms with Crippen molar-refractivity contribution in [1.29, 1.82) is 0 Å². The molecule has 8 nitrogen and oxygen atoms in total. The monoisotopic (exact) mass is 438 g/mol. The van der Waals surface area contributed by atoms with Crippen LogP contribution in [0.1, 0.15) is 19.3 Å². The van der Waals surface area contributed by atoms with Gasteiger partial charge in [-0.3, -0.25) is 4.72 Å². The molecule has 1 N–H and O–H groups in total. The van der Waals surface area contributed by atoms with Gasteiger partial charge in [0.1, 0.15) is 15.9 Å². The van der Waals surface area contributed by atoms with Crippen molar-refractivity contribution in [2.75, 3.05) is 17.8 Å². The van der Waals surface area contributed by atoms with Crippen molar-refractivity contribution in [2.24, 2.45) is 0 Å². The fraction of sp³-hybridized carbons (Fsp3) is 0.294. The Kier molecular flexibility index (Phi) is 5.08. The van der Waals surface area contributed by atoms with Crippen LogP contribution in [0.2, 0.25) is 0 Å². The van der Waals surface area contributed by atoms with Crippen molar-refractivity contribution in [2.45, 2.75) is 29.1 Å². The van der Waals surface area contributed by atoms with Crippen LogP contribution in [0.15, 0.2) is 52.3 Å². The van der Waals surface area contributed by atoms with E-state index in [9.17, 15) is 16.8 Å². The summed E-state index contributed by atoms with van der Waals surface area (Å²) in [5, 5.41) is 0. The van der Waals surface area contributed by atoms with Gasteiger partial charge >= 0.3 is 0 Å². The van der Waals surface area contributed by atoms with E-state index in [4.69, 9.17) is 0 Å². The second-order valence-corrected chi connectivity index (χ2v) is 10.6. The second kappa shape index (κ2) is 7.39. The van der Waals surface area contributed by atoms with E-state index in [0.717, 1.165) is 31.0 Å². The Bertz CT molecular complexity index is 1200. The Morgan fingerprint density at radius 3 is 2.32 bits per heavy atom. The topological polar surface area (TPSA) is 109 Å². The van der Waals surface area contributed by atoms with Crippen molar-refractivity contribution in [3.63, 3.8) is 0 Å². The van der Waals surface area contributed by atoms with Crippen LogP contribution in [0.4, 0.5) is 5.69 Å². The average Bonchev–Trinajstić information content (AvgIpc) is 3.17. The van der Waals surface area contributed by atoms with Crippen molar-refractivity contribution in [1.82, 2.24) is 13.1 Å². The molecule has 1 fully saturated rings. The van der Waals surface area contributed by atoms with Gasteiger partial charge in [-0.2, -0.15) is 13.1 Å². The molecule has 11 heteroatoms. The third kappa shape index (κ3) is 3.62. The Morgan fingerprint density at radius 2 is 1.61 bits per heavy atom. The van der Waals surface area contributed by atoms with Crippen molar-refractivity contribution in [3.05, 3.63) is 42.5 Å². The number of piperidine rings is 1. The zero-order valence-electron chi connectivity index (χ0n) is 14.8. The zero-order chi connectivity index (χ0) is 19.8. The predicted octanol–water partition coefficient (Wildman–Crippen LogP) is 2.67. The van der Waals surface area contributed by atoms with Crippen LogP contribution in [0.3, 0.4) is 0 Å². The average molecular weight is 439 g/mol. The maximum atomic E-state index is 12.7. The lowest BCUT2D eigenvalue weighted by Crippen LogP contribution is -2.35. The summed E-state index contributed by atoms with van der Waals surface area (Å²) >= 11 is 0.944. The quantitative estimate of drug-likeness (QED) is 0.656. The smallest absolute Gasteiger partial charge is 0.264 e. The van der Waals surface area contributed by atoms with Gasteiger partial charge < -0.3 is 0 Å². The molecular formula is C17H18N4O4S3. The first-order valence-corrected chi connectivity index (χ1v) is 12.4. The number of sulfonamides is 2. The number of hydrogen-bond donors (Lipinski definition) is 1. The minimum Gasteiger partial charge on any atom is -0.280 e. The summed E-state index contributed by atoms with van der Waals surface area (Å²) < 4.78 is 62.9. The Labute approximate surface area is 167 Å². The molecule has 1 aromatic heterocycles. The van der Waals surface area contributed by atoms with Gasteiger partial charge in [-0.15, -0.1) is 0 Å². The van der Waals surface area contributed by atoms with Crippen LogP contribution in [-0.2, 0) is 20.0 Å². The number of benzene rings is 2. The fourth-order valence-electron chi connectivity index (χ4n) is 3.16. The standard InChI is InChI=1S/C17H18N4O4S3/c22-27(23,16-6-4-5-15-17(16)19-26-18-15)20-13-7-9-14(10-8-13)28(24,25)21-11-2-1-3-12-21/h4-10,20H,1-3,11-12H2. The Hall–Kier alpha value is -2.08. The number of nitrogens with one attached hydrogen (secondary N) is 1. The molecule has 148 valence electrons. The van der Waals surface area contributed by atoms with Crippen LogP contribution in [0.5, 0.6) is 0 Å². The Morgan fingerprint density at radius 1 is 0.893 bits per heavy atom. The third-order valence-electron chi connectivity index (χ3n) is 4.60. The van der Waals surface area contributed by atoms with Gasteiger partial charge in [-0.25, -0.2) is 16.8 Å². The summed E-state index contributed by atoms with van der Waals surface area (Å²) in [6, 6.07) is 10.5. The first kappa shape index (κ1) is 19.2. The van der Waals surface area contributed by atoms with Crippen LogP contribution in [0.25, 0.3) is 11.0 Å². The largest absolute Gasteiger partial charge is 0.280 e. The van der Waals surface area contributed by atoms with E-state index in [1.807, 2.05) is 0 Å². The van der Waals surface area contributed by atoms with Crippen molar-refractivity contribution in [3.8, 4) is 0 Å². The number of fused-ring (bicyclic) bond motifs is 1. The van der Waals surface area contributed by atoms with Crippen LogP contribution in [0, 0.1) is 0 Å². The normalized spacial score (nSPS) is 16.3. The van der Waals surface area contributed by atoms with Gasteiger partial charge in [0, 0.05) is 18.8 Å². The Balaban J connectivity index is 1.58. The SMILES string of the molecule is O=S(=O)(Nc1ccc(S(=O)(=O)N2CCCCC2)cc1)c1cccc2nsnc12. The van der Waals surface area contributed by atoms with Gasteiger partial charge in [0.25, 0.3) is 10.0 Å². The highest BCUT2D eigenvalue weighted by molar-refractivity contribution is 7.93. The van der Waals surface area contributed by atoms with E-state index in [0.29, 0.717) is 24.1 Å². The number of aromatic nitrogens is 2. The molecule has 0 unspecified atom stereocenters. The van der Waals surface area contributed by atoms with Crippen LogP contribution in [-0.4, -0.2) is 43.0 Å². The minimum atomic E-state index is -3.88. The van der Waals surface area contributed by atoms with Gasteiger partial charge in [-0.05, 0) is 49.2 Å². The molecule has 1 aliphatic rings. The zero-order valence-corrected chi connectivity index (χ0v) is 17.2. The summed E-state index contributed by atoms with van der Waals surface area (Å²) in [6.07, 6.45) is 2.75. The first-order valence-electron chi connectivity index (χ1n) is 8.72. The molecule has 0 atom stereocenters. The highest BCUT2D eigenvalue weighted by atomic mass is 32.2. The molecular weight excluding hydrogens is 420 g/mol. The molecule has 0 bridgehead atoms. The molecule has 0 spiro atoms. The first-order chi connectivity index (χ1) is 13.4. The molecule has 28 heavy (non-hydrogen) atoms. The van der Waals surface area contributed by atoms with Gasteiger partial charge in [-0.1, -0.05) is 12.5 Å². The van der Waals surface area contributed by atoms with E-state index in [-0.39, 0.29) is 15.5 Å². The summed E-state index contributed by atoms with van der Waals surface area (Å²) in [5.74, 6) is 0. The molecule has 2 heterocycles. The summed E-state index contributed by atoms with van der Waals surface area (Å²) in [5.41, 5.74) is 1.10. The molecule has 0 aliphatic carbocycles. The van der Waals surface area contributed by atoms with Gasteiger partial charge in [0.15, 0.2) is 0 Å². The number of rotatable bonds is 5. The molecule has 2 aromatic carbocycles. The molecule has 4 rings (SSSR count). The van der Waals surface area contributed by atoms with E-state index < -0.39 is 20.0 Å². The summed E-state index contributed by atoms with van der Waals surface area (Å²) in [6.45, 7) is 1.03. The number of hydrogen-bond acceptors (Lipinski definition) is 7. The maximum Gasteiger partial charge on any atom is 0.264 e. The third-order valence-corrected chi connectivity index (χ3v) is 8.47. The highest BCUT2D eigenvalue weighted by Gasteiger charge is 2.26. The fourth-order valence-corrected chi connectivity index (χ4v) is 6.50. The number of nitrogens with zero attached hydrogens (tertiary/aromatic N) is 3. The number of anilines is 1. The summed E-state index contributed by atoms with van der Waals surface area (Å²) in [7, 11) is -7.44. The van der Waals surface area contributed by atoms with E-state index in [2.05, 4.69) is 13.5 Å². The van der Waals surface area contributed by atoms with E-state index >= 15 is 0 Å². The predicted molar refractivity (Wildman–Crippen MR) is 107 cm³/mol. The molecule has 1 saturated heterocycles. The minimum absolute atomic E-state index is 0.0313. The van der Waals surface area contributed by atoms with Crippen LogP contribution < -0.4 is 4.72 Å². The highest BCUT2D eigenvalue weighted by Crippen LogP contribution is 2.25. The maximum absolute atomic E-state index is 12.7. The van der Waals surface area contributed by atoms with Crippen LogP contribution >= 0.6 is 11.7 Å². The lowest BCUT2D eigenvalue weighted by Gasteiger charge is -2.25. The molecule has 0 saturated carbocycles.